The van der Waals surface area contributed by atoms with Crippen molar-refractivity contribution in [2.24, 2.45) is 12.5 Å². The summed E-state index contributed by atoms with van der Waals surface area (Å²) in [5, 5.41) is 7.61. The lowest BCUT2D eigenvalue weighted by Gasteiger charge is -2.18. The third kappa shape index (κ3) is 4.98. The monoisotopic (exact) mass is 209 g/mol. The van der Waals surface area contributed by atoms with Crippen LogP contribution in [0.15, 0.2) is 12.3 Å². The van der Waals surface area contributed by atoms with E-state index in [-0.39, 0.29) is 0 Å². The zero-order valence-electron chi connectivity index (χ0n) is 10.4. The van der Waals surface area contributed by atoms with Gasteiger partial charge in [0, 0.05) is 31.9 Å². The molecule has 0 bridgehead atoms. The van der Waals surface area contributed by atoms with E-state index in [9.17, 15) is 0 Å². The van der Waals surface area contributed by atoms with Crippen molar-refractivity contribution in [1.82, 2.24) is 15.1 Å². The highest BCUT2D eigenvalue weighted by Crippen LogP contribution is 2.16. The number of rotatable bonds is 5. The molecule has 1 rings (SSSR count). The molecule has 0 aromatic carbocycles. The second-order valence-electron chi connectivity index (χ2n) is 5.26. The average Bonchev–Trinajstić information content (AvgIpc) is 2.49. The Bertz CT molecular complexity index is 283. The van der Waals surface area contributed by atoms with E-state index in [4.69, 9.17) is 0 Å². The molecule has 0 aliphatic rings. The minimum atomic E-state index is 0.430. The van der Waals surface area contributed by atoms with Crippen molar-refractivity contribution in [3.05, 3.63) is 18.0 Å². The first-order valence-electron chi connectivity index (χ1n) is 5.67. The summed E-state index contributed by atoms with van der Waals surface area (Å²) in [6.45, 7) is 8.96. The Balaban J connectivity index is 2.10. The molecule has 15 heavy (non-hydrogen) atoms. The molecule has 0 saturated heterocycles. The van der Waals surface area contributed by atoms with E-state index in [0.717, 1.165) is 19.5 Å². The molecule has 0 aliphatic heterocycles. The summed E-state index contributed by atoms with van der Waals surface area (Å²) >= 11 is 0. The third-order valence-electron chi connectivity index (χ3n) is 2.53. The number of aryl methyl sites for hydroxylation is 1. The predicted octanol–water partition coefficient (Wildman–Crippen LogP) is 1.99. The van der Waals surface area contributed by atoms with E-state index in [2.05, 4.69) is 37.3 Å². The van der Waals surface area contributed by atoms with Gasteiger partial charge in [0.2, 0.25) is 0 Å². The van der Waals surface area contributed by atoms with Crippen LogP contribution in [-0.2, 0) is 13.5 Å². The fourth-order valence-electron chi connectivity index (χ4n) is 1.45. The van der Waals surface area contributed by atoms with Crippen molar-refractivity contribution in [2.75, 3.05) is 13.1 Å². The summed E-state index contributed by atoms with van der Waals surface area (Å²) < 4.78 is 1.94. The van der Waals surface area contributed by atoms with Crippen LogP contribution in [0.4, 0.5) is 0 Å². The maximum atomic E-state index is 4.14. The molecule has 1 heterocycles. The molecule has 0 aliphatic carbocycles. The highest BCUT2D eigenvalue weighted by atomic mass is 15.3. The second-order valence-corrected chi connectivity index (χ2v) is 5.26. The third-order valence-corrected chi connectivity index (χ3v) is 2.53. The van der Waals surface area contributed by atoms with Gasteiger partial charge < -0.3 is 5.32 Å². The predicted molar refractivity (Wildman–Crippen MR) is 63.9 cm³/mol. The van der Waals surface area contributed by atoms with E-state index in [1.807, 2.05) is 17.9 Å². The van der Waals surface area contributed by atoms with Crippen LogP contribution in [0.3, 0.4) is 0 Å². The van der Waals surface area contributed by atoms with Crippen molar-refractivity contribution >= 4 is 0 Å². The van der Waals surface area contributed by atoms with Crippen LogP contribution in [-0.4, -0.2) is 22.9 Å². The van der Waals surface area contributed by atoms with Crippen molar-refractivity contribution in [3.63, 3.8) is 0 Å². The summed E-state index contributed by atoms with van der Waals surface area (Å²) in [5.74, 6) is 0. The molecule has 86 valence electrons. The topological polar surface area (TPSA) is 29.9 Å². The Hall–Kier alpha value is -0.830. The standard InChI is InChI=1S/C12H23N3/c1-12(2,3)7-10-13-8-5-11-6-9-14-15(11)4/h6,9,13H,5,7-8,10H2,1-4H3. The number of nitrogens with zero attached hydrogens (tertiary/aromatic N) is 2. The van der Waals surface area contributed by atoms with Gasteiger partial charge >= 0.3 is 0 Å². The minimum absolute atomic E-state index is 0.430. The van der Waals surface area contributed by atoms with E-state index >= 15 is 0 Å². The van der Waals surface area contributed by atoms with Crippen LogP contribution in [0.25, 0.3) is 0 Å². The summed E-state index contributed by atoms with van der Waals surface area (Å²) in [7, 11) is 1.99. The Kier molecular flexibility index (Phi) is 4.33. The van der Waals surface area contributed by atoms with Gasteiger partial charge in [-0.15, -0.1) is 0 Å². The number of hydrogen-bond acceptors (Lipinski definition) is 2. The molecule has 1 aromatic rings. The van der Waals surface area contributed by atoms with Gasteiger partial charge in [-0.2, -0.15) is 5.10 Å². The highest BCUT2D eigenvalue weighted by molar-refractivity contribution is 5.00. The molecule has 0 radical (unpaired) electrons. The molecule has 0 saturated carbocycles. The normalized spacial score (nSPS) is 12.0. The highest BCUT2D eigenvalue weighted by Gasteiger charge is 2.08. The van der Waals surface area contributed by atoms with Crippen LogP contribution < -0.4 is 5.32 Å². The lowest BCUT2D eigenvalue weighted by Crippen LogP contribution is -2.23. The van der Waals surface area contributed by atoms with Gasteiger partial charge in [-0.05, 0) is 24.4 Å². The summed E-state index contributed by atoms with van der Waals surface area (Å²) in [6.07, 6.45) is 4.13. The zero-order valence-corrected chi connectivity index (χ0v) is 10.4. The smallest absolute Gasteiger partial charge is 0.0492 e. The first-order valence-corrected chi connectivity index (χ1v) is 5.67. The average molecular weight is 209 g/mol. The van der Waals surface area contributed by atoms with Crippen molar-refractivity contribution in [2.45, 2.75) is 33.6 Å². The van der Waals surface area contributed by atoms with E-state index in [1.54, 1.807) is 0 Å². The van der Waals surface area contributed by atoms with Crippen molar-refractivity contribution < 1.29 is 0 Å². The van der Waals surface area contributed by atoms with Gasteiger partial charge in [0.15, 0.2) is 0 Å². The fraction of sp³-hybridized carbons (Fsp3) is 0.750. The van der Waals surface area contributed by atoms with Crippen molar-refractivity contribution in [1.29, 1.82) is 0 Å². The molecular weight excluding hydrogens is 186 g/mol. The molecular formula is C12H23N3. The molecule has 3 heteroatoms. The second kappa shape index (κ2) is 5.31. The van der Waals surface area contributed by atoms with E-state index in [1.165, 1.54) is 12.1 Å². The Morgan fingerprint density at radius 2 is 2.07 bits per heavy atom. The van der Waals surface area contributed by atoms with E-state index in [0.29, 0.717) is 5.41 Å². The number of nitrogens with one attached hydrogen (secondary N) is 1. The van der Waals surface area contributed by atoms with Gasteiger partial charge in [0.25, 0.3) is 0 Å². The molecule has 3 nitrogen and oxygen atoms in total. The number of hydrogen-bond donors (Lipinski definition) is 1. The Labute approximate surface area is 92.9 Å². The largest absolute Gasteiger partial charge is 0.316 e. The van der Waals surface area contributed by atoms with Gasteiger partial charge in [-0.3, -0.25) is 4.68 Å². The van der Waals surface area contributed by atoms with Crippen LogP contribution >= 0.6 is 0 Å². The van der Waals surface area contributed by atoms with Crippen LogP contribution in [0.1, 0.15) is 32.9 Å². The summed E-state index contributed by atoms with van der Waals surface area (Å²) in [4.78, 5) is 0. The quantitative estimate of drug-likeness (QED) is 0.752. The SMILES string of the molecule is Cn1nccc1CCNCCC(C)(C)C. The molecule has 0 unspecified atom stereocenters. The minimum Gasteiger partial charge on any atom is -0.316 e. The van der Waals surface area contributed by atoms with Gasteiger partial charge in [0.1, 0.15) is 0 Å². The number of aromatic nitrogens is 2. The molecule has 0 amide bonds. The summed E-state index contributed by atoms with van der Waals surface area (Å²) in [6, 6.07) is 2.07. The maximum Gasteiger partial charge on any atom is 0.0492 e. The van der Waals surface area contributed by atoms with Crippen molar-refractivity contribution in [3.8, 4) is 0 Å². The van der Waals surface area contributed by atoms with E-state index < -0.39 is 0 Å². The van der Waals surface area contributed by atoms with Gasteiger partial charge in [0.05, 0.1) is 0 Å². The first kappa shape index (κ1) is 12.2. The molecule has 1 aromatic heterocycles. The molecule has 0 atom stereocenters. The Morgan fingerprint density at radius 1 is 1.33 bits per heavy atom. The van der Waals surface area contributed by atoms with Gasteiger partial charge in [-0.1, -0.05) is 20.8 Å². The lowest BCUT2D eigenvalue weighted by molar-refractivity contribution is 0.367. The van der Waals surface area contributed by atoms with Crippen LogP contribution in [0, 0.1) is 5.41 Å². The molecule has 0 spiro atoms. The molecule has 1 N–H and O–H groups in total. The molecule has 0 fully saturated rings. The first-order chi connectivity index (χ1) is 6.99. The Morgan fingerprint density at radius 3 is 2.60 bits per heavy atom. The fourth-order valence-corrected chi connectivity index (χ4v) is 1.45. The van der Waals surface area contributed by atoms with Gasteiger partial charge in [-0.25, -0.2) is 0 Å². The lowest BCUT2D eigenvalue weighted by atomic mass is 9.92. The van der Waals surface area contributed by atoms with Crippen LogP contribution in [0.5, 0.6) is 0 Å². The summed E-state index contributed by atoms with van der Waals surface area (Å²) in [5.41, 5.74) is 1.72. The zero-order chi connectivity index (χ0) is 11.3. The maximum absolute atomic E-state index is 4.14. The van der Waals surface area contributed by atoms with Crippen LogP contribution in [0.2, 0.25) is 0 Å².